The first-order valence-corrected chi connectivity index (χ1v) is 12.2. The van der Waals surface area contributed by atoms with E-state index in [0.29, 0.717) is 18.0 Å². The van der Waals surface area contributed by atoms with Gasteiger partial charge >= 0.3 is 0 Å². The highest BCUT2D eigenvalue weighted by molar-refractivity contribution is 5.99. The molecule has 4 fully saturated rings. The molecule has 30 heavy (non-hydrogen) atoms. The van der Waals surface area contributed by atoms with E-state index in [-0.39, 0.29) is 5.41 Å². The molecule has 2 N–H and O–H groups in total. The molecule has 4 aliphatic rings. The van der Waals surface area contributed by atoms with Crippen molar-refractivity contribution in [2.24, 2.45) is 5.41 Å². The van der Waals surface area contributed by atoms with Crippen molar-refractivity contribution >= 4 is 17.4 Å². The average Bonchev–Trinajstić information content (AvgIpc) is 3.42. The first-order valence-electron chi connectivity index (χ1n) is 12.2. The van der Waals surface area contributed by atoms with Crippen LogP contribution in [-0.4, -0.2) is 62.2 Å². The van der Waals surface area contributed by atoms with E-state index < -0.39 is 0 Å². The van der Waals surface area contributed by atoms with Gasteiger partial charge in [-0.2, -0.15) is 4.98 Å². The lowest BCUT2D eigenvalue weighted by atomic mass is 9.72. The van der Waals surface area contributed by atoms with Crippen LogP contribution in [0.1, 0.15) is 57.6 Å². The van der Waals surface area contributed by atoms with Crippen LogP contribution in [0.2, 0.25) is 0 Å². The van der Waals surface area contributed by atoms with E-state index in [0.717, 1.165) is 74.3 Å². The molecule has 3 atom stereocenters. The minimum Gasteiger partial charge on any atom is -0.317 e. The molecule has 1 unspecified atom stereocenters. The van der Waals surface area contributed by atoms with E-state index in [4.69, 9.17) is 4.98 Å². The first kappa shape index (κ1) is 20.4. The molecule has 1 aromatic rings. The third-order valence-corrected chi connectivity index (χ3v) is 8.68. The highest BCUT2D eigenvalue weighted by Crippen LogP contribution is 2.43. The summed E-state index contributed by atoms with van der Waals surface area (Å²) in [5, 5.41) is 7.01. The van der Waals surface area contributed by atoms with Gasteiger partial charge in [-0.1, -0.05) is 0 Å². The molecule has 5 rings (SSSR count). The zero-order valence-electron chi connectivity index (χ0n) is 18.8. The van der Waals surface area contributed by atoms with Crippen molar-refractivity contribution in [1.82, 2.24) is 20.1 Å². The maximum absolute atomic E-state index is 13.6. The quantitative estimate of drug-likeness (QED) is 0.750. The Hall–Kier alpha value is -1.50. The van der Waals surface area contributed by atoms with Gasteiger partial charge in [-0.05, 0) is 58.7 Å². The van der Waals surface area contributed by atoms with Crippen molar-refractivity contribution in [2.75, 3.05) is 44.2 Å². The molecule has 4 aliphatic heterocycles. The number of anilines is 1. The number of quaternary nitrogens is 1. The molecule has 6 heteroatoms. The Morgan fingerprint density at radius 3 is 2.60 bits per heavy atom. The number of rotatable bonds is 3. The topological polar surface area (TPSA) is 57.3 Å². The summed E-state index contributed by atoms with van der Waals surface area (Å²) in [6.45, 7) is 10.7. The van der Waals surface area contributed by atoms with E-state index in [2.05, 4.69) is 41.5 Å². The molecule has 164 valence electrons. The number of amides is 1. The number of carbonyl (C=O) groups excluding carboxylic acids is 1. The second-order valence-electron chi connectivity index (χ2n) is 10.2. The normalized spacial score (nSPS) is 34.1. The summed E-state index contributed by atoms with van der Waals surface area (Å²) in [5.41, 5.74) is 1.91. The number of nitrogens with one attached hydrogen (secondary N) is 2. The Bertz CT molecular complexity index is 793. The molecule has 0 saturated carbocycles. The second-order valence-corrected chi connectivity index (χ2v) is 10.2. The molecule has 0 radical (unpaired) electrons. The summed E-state index contributed by atoms with van der Waals surface area (Å²) in [7, 11) is 0. The van der Waals surface area contributed by atoms with Crippen LogP contribution >= 0.6 is 0 Å². The summed E-state index contributed by atoms with van der Waals surface area (Å²) in [6.07, 6.45) is 7.87. The van der Waals surface area contributed by atoms with Gasteiger partial charge in [-0.15, -0.1) is 0 Å². The lowest BCUT2D eigenvalue weighted by molar-refractivity contribution is -0.132. The predicted molar refractivity (Wildman–Crippen MR) is 122 cm³/mol. The van der Waals surface area contributed by atoms with E-state index in [1.165, 1.54) is 31.6 Å². The number of aryl methyl sites for hydroxylation is 1. The van der Waals surface area contributed by atoms with Crippen molar-refractivity contribution in [3.63, 3.8) is 0 Å². The van der Waals surface area contributed by atoms with Gasteiger partial charge in [0.25, 0.3) is 0 Å². The summed E-state index contributed by atoms with van der Waals surface area (Å²) in [4.78, 5) is 20.8. The highest BCUT2D eigenvalue weighted by Gasteiger charge is 2.50. The van der Waals surface area contributed by atoms with Crippen LogP contribution in [0.25, 0.3) is 0 Å². The van der Waals surface area contributed by atoms with Crippen LogP contribution in [0.15, 0.2) is 12.1 Å². The molecule has 5 heterocycles. The number of aromatic nitrogens is 1. The Labute approximate surface area is 181 Å². The van der Waals surface area contributed by atoms with Gasteiger partial charge in [0.1, 0.15) is 6.04 Å². The van der Waals surface area contributed by atoms with Crippen LogP contribution in [-0.2, 0) is 4.79 Å². The number of piperidine rings is 2. The van der Waals surface area contributed by atoms with E-state index in [1.54, 1.807) is 0 Å². The SMILES string of the molecule is Cc1nc([N+]2([C@@H]3CCNC3)CCC[C@@H]2C)ccc1N1CCCC2(CCNCC2)C1=O. The van der Waals surface area contributed by atoms with Crippen LogP contribution < -0.4 is 20.0 Å². The Morgan fingerprint density at radius 2 is 1.93 bits per heavy atom. The zero-order valence-corrected chi connectivity index (χ0v) is 18.8. The minimum absolute atomic E-state index is 0.151. The fourth-order valence-corrected chi connectivity index (χ4v) is 6.93. The highest BCUT2D eigenvalue weighted by atomic mass is 16.2. The third-order valence-electron chi connectivity index (χ3n) is 8.68. The number of carbonyl (C=O) groups is 1. The van der Waals surface area contributed by atoms with Crippen molar-refractivity contribution in [3.05, 3.63) is 17.8 Å². The maximum Gasteiger partial charge on any atom is 0.233 e. The Balaban J connectivity index is 1.46. The molecule has 6 nitrogen and oxygen atoms in total. The van der Waals surface area contributed by atoms with E-state index in [9.17, 15) is 4.79 Å². The van der Waals surface area contributed by atoms with Crippen LogP contribution in [0.4, 0.5) is 11.5 Å². The van der Waals surface area contributed by atoms with Crippen LogP contribution in [0, 0.1) is 12.3 Å². The predicted octanol–water partition coefficient (Wildman–Crippen LogP) is 2.74. The van der Waals surface area contributed by atoms with Crippen molar-refractivity contribution in [2.45, 2.75) is 70.9 Å². The van der Waals surface area contributed by atoms with Crippen LogP contribution in [0.3, 0.4) is 0 Å². The molecular weight excluding hydrogens is 374 g/mol. The number of likely N-dealkylation sites (tertiary alicyclic amines) is 1. The molecule has 0 bridgehead atoms. The van der Waals surface area contributed by atoms with E-state index >= 15 is 0 Å². The molecule has 1 spiro atoms. The molecule has 1 aromatic heterocycles. The van der Waals surface area contributed by atoms with E-state index in [1.807, 2.05) is 0 Å². The number of hydrogen-bond donors (Lipinski definition) is 2. The summed E-state index contributed by atoms with van der Waals surface area (Å²) in [6, 6.07) is 5.69. The Morgan fingerprint density at radius 1 is 1.10 bits per heavy atom. The first-order chi connectivity index (χ1) is 14.6. The Kier molecular flexibility index (Phi) is 5.36. The minimum atomic E-state index is -0.151. The zero-order chi connectivity index (χ0) is 20.8. The fourth-order valence-electron chi connectivity index (χ4n) is 6.93. The lowest BCUT2D eigenvalue weighted by Gasteiger charge is -2.45. The van der Waals surface area contributed by atoms with Crippen molar-refractivity contribution in [1.29, 1.82) is 0 Å². The number of pyridine rings is 1. The van der Waals surface area contributed by atoms with Gasteiger partial charge in [0.05, 0.1) is 29.4 Å². The molecule has 1 amide bonds. The molecule has 0 aromatic carbocycles. The lowest BCUT2D eigenvalue weighted by Crippen LogP contribution is -2.60. The van der Waals surface area contributed by atoms with Crippen molar-refractivity contribution < 1.29 is 4.79 Å². The fraction of sp³-hybridized carbons (Fsp3) is 0.750. The van der Waals surface area contributed by atoms with Gasteiger partial charge in [0.2, 0.25) is 11.7 Å². The smallest absolute Gasteiger partial charge is 0.233 e. The standard InChI is InChI=1S/C24H38N5O/c1-18-5-3-16-29(18,20-8-12-26-17-20)22-7-6-21(19(2)27-22)28-15-4-9-24(23(28)30)10-13-25-14-11-24/h6-7,18,20,25-26H,3-5,8-17H2,1-2H3/q+1/t18-,20+,29?/m0/s1. The third kappa shape index (κ3) is 3.10. The number of hydrogen-bond acceptors (Lipinski definition) is 4. The van der Waals surface area contributed by atoms with Gasteiger partial charge in [-0.3, -0.25) is 9.28 Å². The average molecular weight is 413 g/mol. The van der Waals surface area contributed by atoms with Gasteiger partial charge in [0.15, 0.2) is 0 Å². The number of nitrogens with zero attached hydrogens (tertiary/aromatic N) is 3. The molecule has 4 saturated heterocycles. The molecular formula is C24H38N5O+. The van der Waals surface area contributed by atoms with Crippen molar-refractivity contribution in [3.8, 4) is 0 Å². The second kappa shape index (κ2) is 7.88. The monoisotopic (exact) mass is 412 g/mol. The summed E-state index contributed by atoms with van der Waals surface area (Å²) >= 11 is 0. The van der Waals surface area contributed by atoms with Gasteiger partial charge < -0.3 is 15.5 Å². The largest absolute Gasteiger partial charge is 0.317 e. The van der Waals surface area contributed by atoms with Gasteiger partial charge in [0, 0.05) is 45.0 Å². The maximum atomic E-state index is 13.6. The van der Waals surface area contributed by atoms with Gasteiger partial charge in [-0.25, -0.2) is 0 Å². The molecule has 0 aliphatic carbocycles. The van der Waals surface area contributed by atoms with Crippen LogP contribution in [0.5, 0.6) is 0 Å². The summed E-state index contributed by atoms with van der Waals surface area (Å²) < 4.78 is 1.03. The summed E-state index contributed by atoms with van der Waals surface area (Å²) in [5.74, 6) is 1.56.